The summed E-state index contributed by atoms with van der Waals surface area (Å²) >= 11 is 4.72. The van der Waals surface area contributed by atoms with Crippen LogP contribution in [0.3, 0.4) is 0 Å². The molecule has 134 valence electrons. The SMILES string of the molecule is CCc1sc2nc(SCc3cccc(C#N)c3)[nH]c(=O)c2c1-c1cccs1. The predicted molar refractivity (Wildman–Crippen MR) is 114 cm³/mol. The van der Waals surface area contributed by atoms with E-state index in [2.05, 4.69) is 24.0 Å². The van der Waals surface area contributed by atoms with Crippen molar-refractivity contribution in [2.75, 3.05) is 0 Å². The van der Waals surface area contributed by atoms with Gasteiger partial charge in [0.2, 0.25) is 0 Å². The van der Waals surface area contributed by atoms with Gasteiger partial charge in [-0.3, -0.25) is 4.79 Å². The molecule has 0 saturated heterocycles. The van der Waals surface area contributed by atoms with E-state index in [1.165, 1.54) is 16.6 Å². The fourth-order valence-electron chi connectivity index (χ4n) is 2.92. The first kappa shape index (κ1) is 18.0. The van der Waals surface area contributed by atoms with Gasteiger partial charge in [-0.15, -0.1) is 22.7 Å². The Balaban J connectivity index is 1.70. The Morgan fingerprint density at radius 2 is 2.19 bits per heavy atom. The number of aromatic amines is 1. The molecule has 3 aromatic heterocycles. The van der Waals surface area contributed by atoms with E-state index < -0.39 is 0 Å². The van der Waals surface area contributed by atoms with Crippen molar-refractivity contribution in [1.29, 1.82) is 5.26 Å². The van der Waals surface area contributed by atoms with Crippen LogP contribution in [0.25, 0.3) is 20.7 Å². The zero-order chi connectivity index (χ0) is 18.8. The van der Waals surface area contributed by atoms with Crippen molar-refractivity contribution in [3.8, 4) is 16.5 Å². The van der Waals surface area contributed by atoms with Crippen LogP contribution in [0.4, 0.5) is 0 Å². The molecule has 0 aliphatic rings. The normalized spacial score (nSPS) is 11.0. The van der Waals surface area contributed by atoms with Gasteiger partial charge in [0.15, 0.2) is 5.16 Å². The summed E-state index contributed by atoms with van der Waals surface area (Å²) in [6, 6.07) is 13.7. The van der Waals surface area contributed by atoms with E-state index in [0.29, 0.717) is 21.9 Å². The van der Waals surface area contributed by atoms with Crippen molar-refractivity contribution < 1.29 is 0 Å². The molecule has 0 spiro atoms. The van der Waals surface area contributed by atoms with Gasteiger partial charge < -0.3 is 4.98 Å². The van der Waals surface area contributed by atoms with Gasteiger partial charge in [-0.2, -0.15) is 5.26 Å². The van der Waals surface area contributed by atoms with Crippen LogP contribution in [0, 0.1) is 11.3 Å². The molecule has 0 bridgehead atoms. The van der Waals surface area contributed by atoms with Crippen molar-refractivity contribution in [3.05, 3.63) is 68.1 Å². The smallest absolute Gasteiger partial charge is 0.260 e. The number of aryl methyl sites for hydroxylation is 1. The number of hydrogen-bond donors (Lipinski definition) is 1. The minimum atomic E-state index is -0.0902. The third-order valence-corrected chi connectivity index (χ3v) is 7.19. The van der Waals surface area contributed by atoms with Crippen molar-refractivity contribution in [3.63, 3.8) is 0 Å². The summed E-state index contributed by atoms with van der Waals surface area (Å²) in [6.45, 7) is 2.11. The van der Waals surface area contributed by atoms with Crippen LogP contribution in [0.5, 0.6) is 0 Å². The summed E-state index contributed by atoms with van der Waals surface area (Å²) in [4.78, 5) is 23.5. The summed E-state index contributed by atoms with van der Waals surface area (Å²) < 4.78 is 0. The van der Waals surface area contributed by atoms with Gasteiger partial charge in [-0.1, -0.05) is 36.9 Å². The van der Waals surface area contributed by atoms with E-state index in [1.54, 1.807) is 28.7 Å². The van der Waals surface area contributed by atoms with Crippen LogP contribution in [0.15, 0.2) is 51.7 Å². The highest BCUT2D eigenvalue weighted by atomic mass is 32.2. The molecule has 4 nitrogen and oxygen atoms in total. The molecule has 0 fully saturated rings. The molecule has 0 amide bonds. The first-order chi connectivity index (χ1) is 13.2. The third-order valence-electron chi connectivity index (χ3n) is 4.13. The van der Waals surface area contributed by atoms with E-state index in [0.717, 1.165) is 27.3 Å². The first-order valence-electron chi connectivity index (χ1n) is 8.41. The lowest BCUT2D eigenvalue weighted by Crippen LogP contribution is -2.08. The topological polar surface area (TPSA) is 69.5 Å². The lowest BCUT2D eigenvalue weighted by molar-refractivity contribution is 0.980. The zero-order valence-electron chi connectivity index (χ0n) is 14.5. The number of hydrogen-bond acceptors (Lipinski definition) is 6. The van der Waals surface area contributed by atoms with Crippen LogP contribution in [-0.4, -0.2) is 9.97 Å². The van der Waals surface area contributed by atoms with Crippen LogP contribution >= 0.6 is 34.4 Å². The Morgan fingerprint density at radius 3 is 2.93 bits per heavy atom. The molecular formula is C20H15N3OS3. The van der Waals surface area contributed by atoms with Crippen molar-refractivity contribution in [2.24, 2.45) is 0 Å². The number of aromatic nitrogens is 2. The number of rotatable bonds is 5. The first-order valence-corrected chi connectivity index (χ1v) is 11.1. The molecule has 7 heteroatoms. The maximum Gasteiger partial charge on any atom is 0.260 e. The largest absolute Gasteiger partial charge is 0.301 e. The highest BCUT2D eigenvalue weighted by Crippen LogP contribution is 2.39. The molecule has 0 aliphatic heterocycles. The fourth-order valence-corrected chi connectivity index (χ4v) is 5.77. The van der Waals surface area contributed by atoms with Gasteiger partial charge in [0, 0.05) is 21.1 Å². The second-order valence-electron chi connectivity index (χ2n) is 5.88. The lowest BCUT2D eigenvalue weighted by Gasteiger charge is -2.03. The van der Waals surface area contributed by atoms with E-state index in [-0.39, 0.29) is 5.56 Å². The van der Waals surface area contributed by atoms with Gasteiger partial charge >= 0.3 is 0 Å². The highest BCUT2D eigenvalue weighted by molar-refractivity contribution is 7.98. The molecule has 0 unspecified atom stereocenters. The number of H-pyrrole nitrogens is 1. The lowest BCUT2D eigenvalue weighted by atomic mass is 10.1. The van der Waals surface area contributed by atoms with E-state index in [9.17, 15) is 4.79 Å². The van der Waals surface area contributed by atoms with Crippen molar-refractivity contribution in [2.45, 2.75) is 24.3 Å². The number of nitrogens with zero attached hydrogens (tertiary/aromatic N) is 2. The molecule has 0 atom stereocenters. The van der Waals surface area contributed by atoms with Crippen LogP contribution < -0.4 is 5.56 Å². The molecular weight excluding hydrogens is 394 g/mol. The molecule has 27 heavy (non-hydrogen) atoms. The van der Waals surface area contributed by atoms with Gasteiger partial charge in [-0.05, 0) is 35.6 Å². The maximum absolute atomic E-state index is 12.8. The molecule has 4 rings (SSSR count). The summed E-state index contributed by atoms with van der Waals surface area (Å²) in [5.41, 5.74) is 2.60. The van der Waals surface area contributed by atoms with Crippen LogP contribution in [-0.2, 0) is 12.2 Å². The molecule has 3 heterocycles. The molecule has 0 radical (unpaired) electrons. The number of thiophene rings is 2. The molecule has 1 aromatic carbocycles. The quantitative estimate of drug-likeness (QED) is 0.352. The highest BCUT2D eigenvalue weighted by Gasteiger charge is 2.18. The fraction of sp³-hybridized carbons (Fsp3) is 0.150. The Kier molecular flexibility index (Phi) is 5.12. The van der Waals surface area contributed by atoms with Gasteiger partial charge in [0.1, 0.15) is 4.83 Å². The second kappa shape index (κ2) is 7.69. The number of thioether (sulfide) groups is 1. The summed E-state index contributed by atoms with van der Waals surface area (Å²) in [7, 11) is 0. The Morgan fingerprint density at radius 1 is 1.30 bits per heavy atom. The van der Waals surface area contributed by atoms with Gasteiger partial charge in [0.25, 0.3) is 5.56 Å². The number of fused-ring (bicyclic) bond motifs is 1. The third kappa shape index (κ3) is 3.56. The number of benzene rings is 1. The summed E-state index contributed by atoms with van der Waals surface area (Å²) in [6.07, 6.45) is 0.872. The standard InChI is InChI=1S/C20H15N3OS3/c1-2-14-16(15-7-4-8-25-15)17-18(24)22-20(23-19(17)27-14)26-11-13-6-3-5-12(9-13)10-21/h3-9H,2,11H2,1H3,(H,22,23,24). The number of nitrogens with one attached hydrogen (secondary N) is 1. The van der Waals surface area contributed by atoms with E-state index in [1.807, 2.05) is 29.6 Å². The van der Waals surface area contributed by atoms with Gasteiger partial charge in [-0.25, -0.2) is 4.98 Å². The molecule has 0 saturated carbocycles. The van der Waals surface area contributed by atoms with Gasteiger partial charge in [0.05, 0.1) is 17.0 Å². The summed E-state index contributed by atoms with van der Waals surface area (Å²) in [5.74, 6) is 0.647. The Labute approximate surface area is 168 Å². The monoisotopic (exact) mass is 409 g/mol. The van der Waals surface area contributed by atoms with E-state index in [4.69, 9.17) is 10.2 Å². The zero-order valence-corrected chi connectivity index (χ0v) is 16.9. The molecule has 1 N–H and O–H groups in total. The Bertz CT molecular complexity index is 1200. The van der Waals surface area contributed by atoms with E-state index >= 15 is 0 Å². The second-order valence-corrected chi connectivity index (χ2v) is 8.88. The average molecular weight is 410 g/mol. The molecule has 4 aromatic rings. The minimum Gasteiger partial charge on any atom is -0.301 e. The Hall–Kier alpha value is -2.40. The summed E-state index contributed by atoms with van der Waals surface area (Å²) in [5, 5.41) is 12.3. The average Bonchev–Trinajstić information content (AvgIpc) is 3.33. The van der Waals surface area contributed by atoms with Crippen molar-refractivity contribution >= 4 is 44.7 Å². The number of nitriles is 1. The minimum absolute atomic E-state index is 0.0902. The van der Waals surface area contributed by atoms with Crippen molar-refractivity contribution in [1.82, 2.24) is 9.97 Å². The molecule has 0 aliphatic carbocycles. The maximum atomic E-state index is 12.8. The van der Waals surface area contributed by atoms with Crippen LogP contribution in [0.2, 0.25) is 0 Å². The van der Waals surface area contributed by atoms with Crippen LogP contribution in [0.1, 0.15) is 22.9 Å². The predicted octanol–water partition coefficient (Wildman–Crippen LogP) is 5.44.